The van der Waals surface area contributed by atoms with Gasteiger partial charge in [-0.2, -0.15) is 0 Å². The zero-order chi connectivity index (χ0) is 41.4. The van der Waals surface area contributed by atoms with E-state index < -0.39 is 35.6 Å². The SMILES string of the molecule is CCc1ccc(Cc2cc3c(cc2Cl)OC(C)(C)C[C@]32O[C@H](COCc3ccccc3)[C@@H](OCc3ccccc3)[C@H](OCc3ccccc3)[C@H]2OCc2ccccc2)cc1. The molecular formula is C53H55ClO6. The fraction of sp³-hybridized carbons (Fsp3) is 0.321. The quantitative estimate of drug-likeness (QED) is 0.0969. The van der Waals surface area contributed by atoms with Crippen molar-refractivity contribution in [1.82, 2.24) is 0 Å². The first-order valence-electron chi connectivity index (χ1n) is 21.1. The van der Waals surface area contributed by atoms with E-state index in [4.69, 9.17) is 40.0 Å². The maximum atomic E-state index is 7.70. The molecule has 0 unspecified atom stereocenters. The van der Waals surface area contributed by atoms with Gasteiger partial charge in [-0.25, -0.2) is 0 Å². The highest BCUT2D eigenvalue weighted by Crippen LogP contribution is 2.54. The van der Waals surface area contributed by atoms with Gasteiger partial charge in [0.2, 0.25) is 0 Å². The van der Waals surface area contributed by atoms with E-state index in [1.165, 1.54) is 11.1 Å². The molecule has 8 rings (SSSR count). The van der Waals surface area contributed by atoms with Crippen molar-refractivity contribution in [3.05, 3.63) is 207 Å². The van der Waals surface area contributed by atoms with Gasteiger partial charge in [0.05, 0.1) is 33.0 Å². The molecule has 6 aromatic rings. The molecule has 0 bridgehead atoms. The summed E-state index contributed by atoms with van der Waals surface area (Å²) in [4.78, 5) is 0. The van der Waals surface area contributed by atoms with Crippen molar-refractivity contribution in [3.8, 4) is 5.75 Å². The number of aryl methyl sites for hydroxylation is 1. The second kappa shape index (κ2) is 19.3. The van der Waals surface area contributed by atoms with Crippen LogP contribution in [0, 0.1) is 0 Å². The molecule has 0 N–H and O–H groups in total. The Balaban J connectivity index is 1.26. The molecule has 1 fully saturated rings. The van der Waals surface area contributed by atoms with E-state index >= 15 is 0 Å². The monoisotopic (exact) mass is 822 g/mol. The van der Waals surface area contributed by atoms with Gasteiger partial charge in [-0.3, -0.25) is 0 Å². The van der Waals surface area contributed by atoms with Crippen LogP contribution in [0.1, 0.15) is 71.7 Å². The van der Waals surface area contributed by atoms with Crippen LogP contribution in [-0.4, -0.2) is 36.6 Å². The zero-order valence-corrected chi connectivity index (χ0v) is 35.6. The zero-order valence-electron chi connectivity index (χ0n) is 34.8. The lowest BCUT2D eigenvalue weighted by atomic mass is 9.71. The van der Waals surface area contributed by atoms with Crippen LogP contribution >= 0.6 is 11.6 Å². The smallest absolute Gasteiger partial charge is 0.130 e. The maximum absolute atomic E-state index is 7.70. The van der Waals surface area contributed by atoms with E-state index in [0.717, 1.165) is 39.8 Å². The van der Waals surface area contributed by atoms with E-state index in [9.17, 15) is 0 Å². The standard InChI is InChI=1S/C53H55ClO6/c1-4-38-25-27-39(28-26-38)29-44-30-45-47(31-46(44)54)59-52(2,3)37-53(45)51(58-35-43-23-15-8-16-24-43)50(57-34-42-21-13-7-14-22-42)49(56-33-41-19-11-6-12-20-41)48(60-53)36-55-32-40-17-9-5-10-18-40/h5-28,30-31,48-51H,4,29,32-37H2,1-3H3/t48-,49-,50+,51-,53+/m1/s1. The molecule has 5 atom stereocenters. The largest absolute Gasteiger partial charge is 0.487 e. The Labute approximate surface area is 360 Å². The molecule has 2 aliphatic heterocycles. The second-order valence-corrected chi connectivity index (χ2v) is 17.0. The first-order valence-corrected chi connectivity index (χ1v) is 21.5. The van der Waals surface area contributed by atoms with Crippen molar-refractivity contribution in [1.29, 1.82) is 0 Å². The van der Waals surface area contributed by atoms with Gasteiger partial charge in [0, 0.05) is 17.0 Å². The van der Waals surface area contributed by atoms with Crippen molar-refractivity contribution in [2.75, 3.05) is 6.61 Å². The molecule has 2 heterocycles. The third-order valence-corrected chi connectivity index (χ3v) is 11.9. The highest BCUT2D eigenvalue weighted by Gasteiger charge is 2.62. The number of hydrogen-bond acceptors (Lipinski definition) is 6. The average Bonchev–Trinajstić information content (AvgIpc) is 3.27. The Morgan fingerprint density at radius 2 is 1.08 bits per heavy atom. The molecule has 6 aromatic carbocycles. The molecule has 1 saturated heterocycles. The van der Waals surface area contributed by atoms with Crippen molar-refractivity contribution in [2.24, 2.45) is 0 Å². The molecule has 7 heteroatoms. The van der Waals surface area contributed by atoms with E-state index in [2.05, 4.69) is 99.6 Å². The van der Waals surface area contributed by atoms with Crippen LogP contribution in [0.5, 0.6) is 5.75 Å². The Kier molecular flexibility index (Phi) is 13.5. The highest BCUT2D eigenvalue weighted by atomic mass is 35.5. The van der Waals surface area contributed by atoms with Crippen molar-refractivity contribution >= 4 is 11.6 Å². The van der Waals surface area contributed by atoms with Crippen LogP contribution in [0.15, 0.2) is 158 Å². The Morgan fingerprint density at radius 3 is 1.63 bits per heavy atom. The molecule has 6 nitrogen and oxygen atoms in total. The Hall–Kier alpha value is -4.79. The van der Waals surface area contributed by atoms with Crippen LogP contribution in [0.3, 0.4) is 0 Å². The number of ether oxygens (including phenoxy) is 6. The highest BCUT2D eigenvalue weighted by molar-refractivity contribution is 6.31. The van der Waals surface area contributed by atoms with E-state index in [0.29, 0.717) is 50.0 Å². The summed E-state index contributed by atoms with van der Waals surface area (Å²) in [5.74, 6) is 0.670. The lowest BCUT2D eigenvalue weighted by molar-refractivity contribution is -0.324. The van der Waals surface area contributed by atoms with E-state index in [1.807, 2.05) is 78.9 Å². The van der Waals surface area contributed by atoms with Crippen LogP contribution in [0.4, 0.5) is 0 Å². The lowest BCUT2D eigenvalue weighted by Gasteiger charge is -2.57. The van der Waals surface area contributed by atoms with Gasteiger partial charge >= 0.3 is 0 Å². The molecular weight excluding hydrogens is 768 g/mol. The molecule has 0 saturated carbocycles. The minimum absolute atomic E-state index is 0.257. The van der Waals surface area contributed by atoms with Gasteiger partial charge in [0.25, 0.3) is 0 Å². The van der Waals surface area contributed by atoms with Crippen LogP contribution < -0.4 is 4.74 Å². The summed E-state index contributed by atoms with van der Waals surface area (Å²) in [6, 6.07) is 53.9. The van der Waals surface area contributed by atoms with Gasteiger partial charge in [0.1, 0.15) is 41.4 Å². The van der Waals surface area contributed by atoms with Gasteiger partial charge in [-0.05, 0) is 77.8 Å². The summed E-state index contributed by atoms with van der Waals surface area (Å²) in [6.45, 7) is 8.10. The number of hydrogen-bond donors (Lipinski definition) is 0. The van der Waals surface area contributed by atoms with Crippen LogP contribution in [0.2, 0.25) is 5.02 Å². The topological polar surface area (TPSA) is 55.4 Å². The van der Waals surface area contributed by atoms with Crippen LogP contribution in [0.25, 0.3) is 0 Å². The number of benzene rings is 6. The molecule has 2 aliphatic rings. The average molecular weight is 823 g/mol. The third kappa shape index (κ3) is 10.0. The second-order valence-electron chi connectivity index (χ2n) is 16.6. The lowest BCUT2D eigenvalue weighted by Crippen LogP contribution is -2.68. The number of halogens is 1. The van der Waals surface area contributed by atoms with Gasteiger partial charge in [0.15, 0.2) is 0 Å². The number of rotatable bonds is 16. The maximum Gasteiger partial charge on any atom is 0.130 e. The fourth-order valence-corrected chi connectivity index (χ4v) is 8.86. The van der Waals surface area contributed by atoms with Crippen molar-refractivity contribution in [3.63, 3.8) is 0 Å². The van der Waals surface area contributed by atoms with Gasteiger partial charge < -0.3 is 28.4 Å². The molecule has 0 amide bonds. The Bertz CT molecular complexity index is 2250. The fourth-order valence-electron chi connectivity index (χ4n) is 8.64. The van der Waals surface area contributed by atoms with Crippen molar-refractivity contribution < 1.29 is 28.4 Å². The molecule has 0 aliphatic carbocycles. The summed E-state index contributed by atoms with van der Waals surface area (Å²) in [5, 5.41) is 0.641. The molecule has 60 heavy (non-hydrogen) atoms. The van der Waals surface area contributed by atoms with Crippen molar-refractivity contribution in [2.45, 2.75) is 102 Å². The summed E-state index contributed by atoms with van der Waals surface area (Å²) >= 11 is 7.18. The predicted octanol–water partition coefficient (Wildman–Crippen LogP) is 11.6. The van der Waals surface area contributed by atoms with E-state index in [-0.39, 0.29) is 6.61 Å². The summed E-state index contributed by atoms with van der Waals surface area (Å²) in [7, 11) is 0. The van der Waals surface area contributed by atoms with Gasteiger partial charge in [-0.15, -0.1) is 0 Å². The summed E-state index contributed by atoms with van der Waals surface area (Å²) in [6.07, 6.45) is -0.273. The summed E-state index contributed by atoms with van der Waals surface area (Å²) in [5.41, 5.74) is 6.82. The number of fused-ring (bicyclic) bond motifs is 2. The summed E-state index contributed by atoms with van der Waals surface area (Å²) < 4.78 is 42.6. The Morgan fingerprint density at radius 1 is 0.583 bits per heavy atom. The first kappa shape index (κ1) is 41.9. The van der Waals surface area contributed by atoms with Crippen LogP contribution in [-0.2, 0) is 68.6 Å². The van der Waals surface area contributed by atoms with Gasteiger partial charge in [-0.1, -0.05) is 164 Å². The predicted molar refractivity (Wildman–Crippen MR) is 237 cm³/mol. The minimum atomic E-state index is -1.06. The molecule has 310 valence electrons. The third-order valence-electron chi connectivity index (χ3n) is 11.6. The molecule has 0 radical (unpaired) electrons. The normalized spacial score (nSPS) is 21.9. The molecule has 1 spiro atoms. The molecule has 0 aromatic heterocycles. The van der Waals surface area contributed by atoms with E-state index in [1.54, 1.807) is 0 Å². The first-order chi connectivity index (χ1) is 29.3. The minimum Gasteiger partial charge on any atom is -0.487 e.